The van der Waals surface area contributed by atoms with E-state index < -0.39 is 0 Å². The van der Waals surface area contributed by atoms with Gasteiger partial charge in [-0.15, -0.1) is 0 Å². The molecule has 82 valence electrons. The molecule has 1 heterocycles. The van der Waals surface area contributed by atoms with Gasteiger partial charge in [0.1, 0.15) is 0 Å². The van der Waals surface area contributed by atoms with Crippen molar-refractivity contribution in [3.05, 3.63) is 0 Å². The summed E-state index contributed by atoms with van der Waals surface area (Å²) in [6.07, 6.45) is 10.4. The van der Waals surface area contributed by atoms with Crippen LogP contribution in [0.25, 0.3) is 0 Å². The molecule has 0 aromatic heterocycles. The van der Waals surface area contributed by atoms with Crippen LogP contribution < -0.4 is 5.32 Å². The summed E-state index contributed by atoms with van der Waals surface area (Å²) in [5.74, 6) is 3.08. The quantitative estimate of drug-likeness (QED) is 0.713. The van der Waals surface area contributed by atoms with Crippen LogP contribution in [-0.4, -0.2) is 13.1 Å². The van der Waals surface area contributed by atoms with Crippen molar-refractivity contribution < 1.29 is 0 Å². The summed E-state index contributed by atoms with van der Waals surface area (Å²) >= 11 is 0. The summed E-state index contributed by atoms with van der Waals surface area (Å²) in [5, 5.41) is 3.53. The summed E-state index contributed by atoms with van der Waals surface area (Å²) in [4.78, 5) is 0. The van der Waals surface area contributed by atoms with Crippen LogP contribution in [-0.2, 0) is 0 Å². The van der Waals surface area contributed by atoms with Crippen LogP contribution in [0.5, 0.6) is 0 Å². The highest BCUT2D eigenvalue weighted by molar-refractivity contribution is 4.76. The number of piperidine rings is 1. The highest BCUT2D eigenvalue weighted by Gasteiger charge is 2.22. The van der Waals surface area contributed by atoms with Gasteiger partial charge in [0.25, 0.3) is 0 Å². The Bertz CT molecular complexity index is 153. The molecule has 0 radical (unpaired) electrons. The maximum Gasteiger partial charge on any atom is -0.00204 e. The van der Waals surface area contributed by atoms with Crippen molar-refractivity contribution in [3.8, 4) is 0 Å². The topological polar surface area (TPSA) is 12.0 Å². The molecule has 0 spiro atoms. The fourth-order valence-corrected chi connectivity index (χ4v) is 3.16. The van der Waals surface area contributed by atoms with Crippen molar-refractivity contribution in [2.24, 2.45) is 17.8 Å². The normalized spacial score (nSPS) is 39.6. The van der Waals surface area contributed by atoms with Crippen LogP contribution >= 0.6 is 0 Å². The van der Waals surface area contributed by atoms with Gasteiger partial charge in [-0.05, 0) is 50.1 Å². The second-order valence-corrected chi connectivity index (χ2v) is 5.57. The van der Waals surface area contributed by atoms with Crippen molar-refractivity contribution in [1.82, 2.24) is 5.32 Å². The van der Waals surface area contributed by atoms with Gasteiger partial charge in [-0.2, -0.15) is 0 Å². The van der Waals surface area contributed by atoms with Gasteiger partial charge in [-0.3, -0.25) is 0 Å². The SMILES string of the molecule is CC1CCC(C[C@@H]2CCCNC2)CC1. The lowest BCUT2D eigenvalue weighted by molar-refractivity contribution is 0.225. The van der Waals surface area contributed by atoms with Gasteiger partial charge < -0.3 is 5.32 Å². The largest absolute Gasteiger partial charge is 0.316 e. The van der Waals surface area contributed by atoms with E-state index in [0.717, 1.165) is 17.8 Å². The maximum atomic E-state index is 3.53. The smallest absolute Gasteiger partial charge is 0.00204 e. The molecule has 1 nitrogen and oxygen atoms in total. The predicted octanol–water partition coefficient (Wildman–Crippen LogP) is 3.20. The summed E-state index contributed by atoms with van der Waals surface area (Å²) < 4.78 is 0. The van der Waals surface area contributed by atoms with Gasteiger partial charge in [0.05, 0.1) is 0 Å². The summed E-state index contributed by atoms with van der Waals surface area (Å²) in [5.41, 5.74) is 0. The van der Waals surface area contributed by atoms with Gasteiger partial charge in [-0.25, -0.2) is 0 Å². The molecule has 14 heavy (non-hydrogen) atoms. The van der Waals surface area contributed by atoms with E-state index in [1.807, 2.05) is 0 Å². The third-order valence-electron chi connectivity index (χ3n) is 4.20. The Morgan fingerprint density at radius 1 is 1.00 bits per heavy atom. The molecule has 2 rings (SSSR count). The molecule has 1 N–H and O–H groups in total. The molecule has 0 aromatic carbocycles. The molecule has 1 atom stereocenters. The lowest BCUT2D eigenvalue weighted by Crippen LogP contribution is -2.31. The molecule has 2 aliphatic rings. The highest BCUT2D eigenvalue weighted by Crippen LogP contribution is 2.33. The van der Waals surface area contributed by atoms with Gasteiger partial charge in [0, 0.05) is 0 Å². The van der Waals surface area contributed by atoms with Crippen molar-refractivity contribution in [2.75, 3.05) is 13.1 Å². The van der Waals surface area contributed by atoms with Crippen molar-refractivity contribution in [3.63, 3.8) is 0 Å². The molecular weight excluding hydrogens is 170 g/mol. The Labute approximate surface area is 88.7 Å². The van der Waals surface area contributed by atoms with E-state index in [0.29, 0.717) is 0 Å². The zero-order valence-electron chi connectivity index (χ0n) is 9.60. The number of hydrogen-bond acceptors (Lipinski definition) is 1. The Balaban J connectivity index is 1.68. The molecule has 1 aliphatic carbocycles. The lowest BCUT2D eigenvalue weighted by atomic mass is 9.77. The van der Waals surface area contributed by atoms with E-state index in [1.165, 1.54) is 58.0 Å². The number of rotatable bonds is 2. The maximum absolute atomic E-state index is 3.53. The first-order chi connectivity index (χ1) is 6.84. The third-order valence-corrected chi connectivity index (χ3v) is 4.20. The first-order valence-corrected chi connectivity index (χ1v) is 6.55. The minimum absolute atomic E-state index is 1.00. The molecule has 0 unspecified atom stereocenters. The summed E-state index contributed by atoms with van der Waals surface area (Å²) in [6, 6.07) is 0. The van der Waals surface area contributed by atoms with Crippen molar-refractivity contribution >= 4 is 0 Å². The fraction of sp³-hybridized carbons (Fsp3) is 1.00. The minimum Gasteiger partial charge on any atom is -0.316 e. The van der Waals surface area contributed by atoms with E-state index >= 15 is 0 Å². The van der Waals surface area contributed by atoms with Crippen LogP contribution in [0.2, 0.25) is 0 Å². The van der Waals surface area contributed by atoms with Gasteiger partial charge >= 0.3 is 0 Å². The monoisotopic (exact) mass is 195 g/mol. The van der Waals surface area contributed by atoms with Gasteiger partial charge in [-0.1, -0.05) is 32.6 Å². The van der Waals surface area contributed by atoms with Crippen LogP contribution in [0, 0.1) is 17.8 Å². The van der Waals surface area contributed by atoms with E-state index in [2.05, 4.69) is 12.2 Å². The first kappa shape index (κ1) is 10.5. The standard InChI is InChI=1S/C13H25N/c1-11-4-6-12(7-5-11)9-13-3-2-8-14-10-13/h11-14H,2-10H2,1H3/t11?,12?,13-/m0/s1. The molecule has 1 saturated heterocycles. The molecule has 0 amide bonds. The third kappa shape index (κ3) is 2.98. The lowest BCUT2D eigenvalue weighted by Gasteiger charge is -2.31. The van der Waals surface area contributed by atoms with Crippen molar-refractivity contribution in [2.45, 2.75) is 51.9 Å². The van der Waals surface area contributed by atoms with E-state index in [4.69, 9.17) is 0 Å². The Morgan fingerprint density at radius 3 is 2.43 bits per heavy atom. The average Bonchev–Trinajstić information content (AvgIpc) is 2.23. The van der Waals surface area contributed by atoms with Gasteiger partial charge in [0.15, 0.2) is 0 Å². The first-order valence-electron chi connectivity index (χ1n) is 6.55. The second kappa shape index (κ2) is 5.16. The minimum atomic E-state index is 1.00. The molecule has 0 aromatic rings. The molecule has 1 saturated carbocycles. The summed E-state index contributed by atoms with van der Waals surface area (Å²) in [6.45, 7) is 4.97. The van der Waals surface area contributed by atoms with Crippen LogP contribution in [0.3, 0.4) is 0 Å². The fourth-order valence-electron chi connectivity index (χ4n) is 3.16. The zero-order valence-corrected chi connectivity index (χ0v) is 9.60. The molecule has 2 fully saturated rings. The van der Waals surface area contributed by atoms with Crippen LogP contribution in [0.15, 0.2) is 0 Å². The van der Waals surface area contributed by atoms with Crippen molar-refractivity contribution in [1.29, 1.82) is 0 Å². The van der Waals surface area contributed by atoms with E-state index in [-0.39, 0.29) is 0 Å². The molecular formula is C13H25N. The highest BCUT2D eigenvalue weighted by atomic mass is 14.9. The zero-order chi connectivity index (χ0) is 9.80. The van der Waals surface area contributed by atoms with Gasteiger partial charge in [0.2, 0.25) is 0 Å². The average molecular weight is 195 g/mol. The Morgan fingerprint density at radius 2 is 1.79 bits per heavy atom. The van der Waals surface area contributed by atoms with Crippen LogP contribution in [0.4, 0.5) is 0 Å². The molecule has 1 heteroatoms. The second-order valence-electron chi connectivity index (χ2n) is 5.57. The Hall–Kier alpha value is -0.0400. The predicted molar refractivity (Wildman–Crippen MR) is 61.3 cm³/mol. The Kier molecular flexibility index (Phi) is 3.86. The van der Waals surface area contributed by atoms with E-state index in [9.17, 15) is 0 Å². The van der Waals surface area contributed by atoms with Crippen LogP contribution in [0.1, 0.15) is 51.9 Å². The van der Waals surface area contributed by atoms with E-state index in [1.54, 1.807) is 0 Å². The molecule has 0 bridgehead atoms. The number of hydrogen-bond donors (Lipinski definition) is 1. The summed E-state index contributed by atoms with van der Waals surface area (Å²) in [7, 11) is 0. The molecule has 1 aliphatic heterocycles. The number of nitrogens with one attached hydrogen (secondary N) is 1.